The van der Waals surface area contributed by atoms with Crippen molar-refractivity contribution in [3.05, 3.63) is 77.9 Å². The molecule has 42 heavy (non-hydrogen) atoms. The topological polar surface area (TPSA) is 80.3 Å². The third-order valence-corrected chi connectivity index (χ3v) is 8.93. The van der Waals surface area contributed by atoms with Gasteiger partial charge in [0.05, 0.1) is 37.9 Å². The van der Waals surface area contributed by atoms with Gasteiger partial charge in [0.25, 0.3) is 0 Å². The Morgan fingerprint density at radius 2 is 1.48 bits per heavy atom. The summed E-state index contributed by atoms with van der Waals surface area (Å²) in [5.74, 6) is -1.03. The summed E-state index contributed by atoms with van der Waals surface area (Å²) in [6, 6.07) is 17.4. The summed E-state index contributed by atoms with van der Waals surface area (Å²) >= 11 is 0. The Hall–Kier alpha value is -3.00. The number of cyclic esters (lactones) is 1. The highest BCUT2D eigenvalue weighted by atomic mass is 16.7. The molecular weight excluding hydrogens is 532 g/mol. The van der Waals surface area contributed by atoms with Gasteiger partial charge < -0.3 is 23.7 Å². The Morgan fingerprint density at radius 3 is 2.12 bits per heavy atom. The summed E-state index contributed by atoms with van der Waals surface area (Å²) in [7, 11) is 1.62. The van der Waals surface area contributed by atoms with E-state index in [0.717, 1.165) is 16.9 Å². The number of hydrogen-bond acceptors (Lipinski definition) is 7. The van der Waals surface area contributed by atoms with Crippen LogP contribution in [0.5, 0.6) is 5.75 Å². The molecule has 7 nitrogen and oxygen atoms in total. The molecule has 0 saturated carbocycles. The van der Waals surface area contributed by atoms with E-state index in [1.807, 2.05) is 102 Å². The molecule has 2 bridgehead atoms. The van der Waals surface area contributed by atoms with Crippen LogP contribution in [0.1, 0.15) is 65.4 Å². The van der Waals surface area contributed by atoms with E-state index >= 15 is 0 Å². The maximum absolute atomic E-state index is 13.7. The number of allylic oxidation sites excluding steroid dienone is 1. The lowest BCUT2D eigenvalue weighted by molar-refractivity contribution is -0.286. The van der Waals surface area contributed by atoms with Gasteiger partial charge in [-0.25, -0.2) is 0 Å². The highest BCUT2D eigenvalue weighted by Gasteiger charge is 2.45. The van der Waals surface area contributed by atoms with Crippen molar-refractivity contribution in [1.29, 1.82) is 0 Å². The first-order valence-corrected chi connectivity index (χ1v) is 15.2. The van der Waals surface area contributed by atoms with Crippen molar-refractivity contribution in [3.8, 4) is 5.75 Å². The molecule has 2 aliphatic heterocycles. The fourth-order valence-corrected chi connectivity index (χ4v) is 6.20. The smallest absolute Gasteiger partial charge is 0.311 e. The van der Waals surface area contributed by atoms with E-state index in [2.05, 4.69) is 0 Å². The minimum Gasteiger partial charge on any atom is -0.497 e. The number of hydrogen-bond donors (Lipinski definition) is 0. The van der Waals surface area contributed by atoms with Crippen LogP contribution in [0.4, 0.5) is 0 Å². The molecule has 2 unspecified atom stereocenters. The normalized spacial score (nSPS) is 35.1. The van der Waals surface area contributed by atoms with Crippen LogP contribution in [-0.4, -0.2) is 43.3 Å². The molecule has 0 aliphatic carbocycles. The van der Waals surface area contributed by atoms with E-state index in [9.17, 15) is 9.59 Å². The number of benzene rings is 2. The molecule has 2 aromatic rings. The molecule has 10 atom stereocenters. The van der Waals surface area contributed by atoms with Crippen LogP contribution in [0.2, 0.25) is 0 Å². The first-order valence-electron chi connectivity index (χ1n) is 15.2. The molecule has 2 aliphatic rings. The lowest BCUT2D eigenvalue weighted by Gasteiger charge is -2.44. The molecule has 0 N–H and O–H groups in total. The summed E-state index contributed by atoms with van der Waals surface area (Å²) in [5, 5.41) is 0. The van der Waals surface area contributed by atoms with Crippen molar-refractivity contribution >= 4 is 11.8 Å². The van der Waals surface area contributed by atoms with E-state index in [1.165, 1.54) is 0 Å². The monoisotopic (exact) mass is 578 g/mol. The first kappa shape index (κ1) is 31.9. The molecule has 1 saturated heterocycles. The molecule has 0 amide bonds. The van der Waals surface area contributed by atoms with E-state index in [4.69, 9.17) is 23.7 Å². The lowest BCUT2D eigenvalue weighted by Crippen LogP contribution is -2.49. The zero-order valence-corrected chi connectivity index (χ0v) is 25.9. The highest BCUT2D eigenvalue weighted by Crippen LogP contribution is 2.40. The Kier molecular flexibility index (Phi) is 11.0. The van der Waals surface area contributed by atoms with Gasteiger partial charge in [-0.05, 0) is 37.1 Å². The van der Waals surface area contributed by atoms with Gasteiger partial charge in [0, 0.05) is 29.2 Å². The molecule has 228 valence electrons. The summed E-state index contributed by atoms with van der Waals surface area (Å²) in [4.78, 5) is 27.3. The number of methoxy groups -OCH3 is 1. The highest BCUT2D eigenvalue weighted by molar-refractivity contribution is 5.92. The zero-order valence-electron chi connectivity index (χ0n) is 25.9. The SMILES string of the molecule is CC[C@H]1OC(=O)[C@H](C)[C@H]2OC(c3ccc(OC)cc3)O[C@H]([C@H]2C)[C@@H](C)/C=C/C(=O)[C@H](C)C(OCc2ccccc2)[C@@H]1C. The largest absolute Gasteiger partial charge is 0.497 e. The quantitative estimate of drug-likeness (QED) is 0.353. The number of fused-ring (bicyclic) bond motifs is 2. The fraction of sp³-hybridized carbons (Fsp3) is 0.543. The van der Waals surface area contributed by atoms with Crippen molar-refractivity contribution < 1.29 is 33.3 Å². The molecular formula is C35H46O7. The first-order chi connectivity index (χ1) is 20.1. The Balaban J connectivity index is 1.66. The lowest BCUT2D eigenvalue weighted by atomic mass is 9.81. The number of ether oxygens (including phenoxy) is 5. The summed E-state index contributed by atoms with van der Waals surface area (Å²) in [6.07, 6.45) is 1.91. The van der Waals surface area contributed by atoms with Gasteiger partial charge in [0.15, 0.2) is 12.1 Å². The van der Waals surface area contributed by atoms with Crippen molar-refractivity contribution in [3.63, 3.8) is 0 Å². The summed E-state index contributed by atoms with van der Waals surface area (Å²) in [6.45, 7) is 12.2. The molecule has 2 heterocycles. The van der Waals surface area contributed by atoms with E-state index in [0.29, 0.717) is 13.0 Å². The van der Waals surface area contributed by atoms with Crippen molar-refractivity contribution in [2.24, 2.45) is 29.6 Å². The summed E-state index contributed by atoms with van der Waals surface area (Å²) in [5.41, 5.74) is 1.85. The standard InChI is InChI=1S/C35H46O7/c1-8-30-23(4)32(39-20-26-12-10-9-11-13-26)22(3)29(36)19-14-21(2)31-24(5)33(25(6)34(37)40-30)42-35(41-31)27-15-17-28(38-7)18-16-27/h9-19,21-25,30-33,35H,8,20H2,1-7H3/b19-14+/t21-,22-,23+,24+,25+,30+,31-,32?,33-,35?/m0/s1. The van der Waals surface area contributed by atoms with Crippen LogP contribution >= 0.6 is 0 Å². The number of carbonyl (C=O) groups excluding carboxylic acids is 2. The van der Waals surface area contributed by atoms with Crippen LogP contribution in [0.25, 0.3) is 0 Å². The van der Waals surface area contributed by atoms with Crippen LogP contribution in [0.3, 0.4) is 0 Å². The van der Waals surface area contributed by atoms with Gasteiger partial charge in [-0.3, -0.25) is 9.59 Å². The fourth-order valence-electron chi connectivity index (χ4n) is 6.20. The van der Waals surface area contributed by atoms with Gasteiger partial charge in [0.1, 0.15) is 11.9 Å². The van der Waals surface area contributed by atoms with Crippen molar-refractivity contribution in [2.75, 3.05) is 7.11 Å². The second kappa shape index (κ2) is 14.5. The molecule has 4 rings (SSSR count). The predicted molar refractivity (Wildman–Crippen MR) is 161 cm³/mol. The maximum Gasteiger partial charge on any atom is 0.311 e. The number of esters is 1. The van der Waals surface area contributed by atoms with Crippen LogP contribution < -0.4 is 4.74 Å². The van der Waals surface area contributed by atoms with E-state index in [-0.39, 0.29) is 35.6 Å². The van der Waals surface area contributed by atoms with Crippen LogP contribution in [0.15, 0.2) is 66.7 Å². The second-order valence-corrected chi connectivity index (χ2v) is 11.9. The molecule has 7 heteroatoms. The van der Waals surface area contributed by atoms with Gasteiger partial charge in [-0.1, -0.05) is 83.2 Å². The van der Waals surface area contributed by atoms with Gasteiger partial charge in [-0.2, -0.15) is 0 Å². The third-order valence-electron chi connectivity index (χ3n) is 8.93. The van der Waals surface area contributed by atoms with Crippen molar-refractivity contribution in [1.82, 2.24) is 0 Å². The molecule has 1 fully saturated rings. The molecule has 0 aromatic heterocycles. The Bertz CT molecular complexity index is 1190. The number of carbonyl (C=O) groups is 2. The van der Waals surface area contributed by atoms with E-state index < -0.39 is 36.4 Å². The minimum atomic E-state index is -0.674. The summed E-state index contributed by atoms with van der Waals surface area (Å²) < 4.78 is 30.9. The maximum atomic E-state index is 13.7. The number of rotatable bonds is 6. The minimum absolute atomic E-state index is 0.0265. The van der Waals surface area contributed by atoms with Crippen LogP contribution in [0, 0.1) is 29.6 Å². The zero-order chi connectivity index (χ0) is 30.4. The van der Waals surface area contributed by atoms with Gasteiger partial charge in [-0.15, -0.1) is 0 Å². The van der Waals surface area contributed by atoms with Gasteiger partial charge in [0.2, 0.25) is 0 Å². The predicted octanol–water partition coefficient (Wildman–Crippen LogP) is 6.70. The van der Waals surface area contributed by atoms with Gasteiger partial charge >= 0.3 is 5.97 Å². The third kappa shape index (κ3) is 7.31. The molecule has 0 radical (unpaired) electrons. The van der Waals surface area contributed by atoms with Crippen LogP contribution in [-0.2, 0) is 35.1 Å². The average Bonchev–Trinajstić information content (AvgIpc) is 3.01. The van der Waals surface area contributed by atoms with Crippen molar-refractivity contribution in [2.45, 2.75) is 85.3 Å². The molecule has 2 aromatic carbocycles. The Morgan fingerprint density at radius 1 is 0.810 bits per heavy atom. The number of ketones is 1. The average molecular weight is 579 g/mol. The molecule has 0 spiro atoms. The van der Waals surface area contributed by atoms with E-state index in [1.54, 1.807) is 13.2 Å². The Labute approximate surface area is 250 Å². The second-order valence-electron chi connectivity index (χ2n) is 11.9.